The first-order valence-electron chi connectivity index (χ1n) is 4.28. The van der Waals surface area contributed by atoms with Crippen molar-refractivity contribution in [2.24, 2.45) is 5.73 Å². The van der Waals surface area contributed by atoms with Crippen molar-refractivity contribution in [3.8, 4) is 0 Å². The zero-order chi connectivity index (χ0) is 7.82. The molecule has 0 aromatic heterocycles. The summed E-state index contributed by atoms with van der Waals surface area (Å²) in [5.41, 5.74) is 5.68. The van der Waals surface area contributed by atoms with E-state index in [9.17, 15) is 0 Å². The van der Waals surface area contributed by atoms with Crippen molar-refractivity contribution in [2.75, 3.05) is 0 Å². The van der Waals surface area contributed by atoms with Crippen LogP contribution >= 0.6 is 0 Å². The van der Waals surface area contributed by atoms with Gasteiger partial charge in [0.05, 0.1) is 0 Å². The van der Waals surface area contributed by atoms with Crippen LogP contribution in [0.25, 0.3) is 0 Å². The molecule has 10 heavy (non-hydrogen) atoms. The van der Waals surface area contributed by atoms with Gasteiger partial charge in [-0.3, -0.25) is 0 Å². The predicted molar refractivity (Wildman–Crippen MR) is 48.5 cm³/mol. The Morgan fingerprint density at radius 3 is 2.30 bits per heavy atom. The molecule has 0 amide bonds. The second kappa shape index (κ2) is 7.98. The summed E-state index contributed by atoms with van der Waals surface area (Å²) in [5.74, 6) is 0. The molecule has 0 heterocycles. The fourth-order valence-corrected chi connectivity index (χ4v) is 1.90. The Kier molecular flexibility index (Phi) is 8.69. The zero-order valence-electron chi connectivity index (χ0n) is 6.97. The molecule has 0 aliphatic heterocycles. The van der Waals surface area contributed by atoms with Gasteiger partial charge in [-0.15, -0.1) is 0 Å². The van der Waals surface area contributed by atoms with E-state index in [2.05, 4.69) is 6.92 Å². The molecular formula is C8H19NPb. The number of hydrogen-bond acceptors (Lipinski definition) is 1. The third-order valence-corrected chi connectivity index (χ3v) is 2.94. The van der Waals surface area contributed by atoms with Crippen LogP contribution < -0.4 is 5.73 Å². The molecule has 2 radical (unpaired) electrons. The fourth-order valence-electron chi connectivity index (χ4n) is 0.984. The summed E-state index contributed by atoms with van der Waals surface area (Å²) in [4.78, 5) is 0. The topological polar surface area (TPSA) is 26.0 Å². The molecule has 1 nitrogen and oxygen atoms in total. The summed E-state index contributed by atoms with van der Waals surface area (Å²) in [6, 6.07) is 0. The van der Waals surface area contributed by atoms with Crippen LogP contribution in [-0.4, -0.2) is 29.4 Å². The first-order valence-corrected chi connectivity index (χ1v) is 6.87. The van der Waals surface area contributed by atoms with E-state index in [1.54, 1.807) is 0 Å². The van der Waals surface area contributed by atoms with Crippen molar-refractivity contribution in [3.63, 3.8) is 0 Å². The van der Waals surface area contributed by atoms with Crippen molar-refractivity contribution in [1.29, 1.82) is 0 Å². The Morgan fingerprint density at radius 1 is 1.20 bits per heavy atom. The molecule has 60 valence electrons. The van der Waals surface area contributed by atoms with E-state index >= 15 is 0 Å². The average molecular weight is 336 g/mol. The van der Waals surface area contributed by atoms with Crippen LogP contribution in [-0.2, 0) is 0 Å². The van der Waals surface area contributed by atoms with E-state index in [0.717, 1.165) is 25.8 Å². The second-order valence-electron chi connectivity index (χ2n) is 2.87. The Balaban J connectivity index is 2.77. The van der Waals surface area contributed by atoms with E-state index in [1.807, 2.05) is 0 Å². The van der Waals surface area contributed by atoms with Gasteiger partial charge in [0.1, 0.15) is 0 Å². The Labute approximate surface area is 80.4 Å². The first-order chi connectivity index (χ1) is 4.77. The molecule has 0 aliphatic carbocycles. The molecule has 0 aliphatic rings. The minimum absolute atomic E-state index is 0.571. The van der Waals surface area contributed by atoms with E-state index in [1.165, 1.54) is 38.5 Å². The van der Waals surface area contributed by atoms with Crippen molar-refractivity contribution >= 4 is 25.8 Å². The van der Waals surface area contributed by atoms with Crippen LogP contribution in [0.3, 0.4) is 0 Å². The maximum absolute atomic E-state index is 5.68. The van der Waals surface area contributed by atoms with Crippen LogP contribution in [0.1, 0.15) is 45.4 Å². The number of rotatable bonds is 6. The van der Waals surface area contributed by atoms with Crippen molar-refractivity contribution in [2.45, 2.75) is 49.0 Å². The molecular weight excluding hydrogens is 317 g/mol. The molecule has 0 bridgehead atoms. The minimum atomic E-state index is 0.571. The molecule has 0 aromatic carbocycles. The monoisotopic (exact) mass is 337 g/mol. The van der Waals surface area contributed by atoms with E-state index < -0.39 is 0 Å². The quantitative estimate of drug-likeness (QED) is 0.578. The number of hydrogen-bond donors (Lipinski definition) is 1. The molecule has 1 unspecified atom stereocenters. The van der Waals surface area contributed by atoms with Gasteiger partial charge in [-0.05, 0) is 0 Å². The van der Waals surface area contributed by atoms with Crippen molar-refractivity contribution in [3.05, 3.63) is 0 Å². The van der Waals surface area contributed by atoms with Crippen LogP contribution in [0.2, 0.25) is 0 Å². The Hall–Kier alpha value is 0.882. The summed E-state index contributed by atoms with van der Waals surface area (Å²) in [7, 11) is 0. The molecule has 0 spiro atoms. The zero-order valence-corrected chi connectivity index (χ0v) is 11.5. The summed E-state index contributed by atoms with van der Waals surface area (Å²) < 4.78 is 0.571. The van der Waals surface area contributed by atoms with Gasteiger partial charge >= 0.3 is 80.6 Å². The Morgan fingerprint density at radius 2 is 1.80 bits per heavy atom. The van der Waals surface area contributed by atoms with Crippen LogP contribution in [0.15, 0.2) is 0 Å². The van der Waals surface area contributed by atoms with E-state index in [4.69, 9.17) is 5.73 Å². The Bertz CT molecular complexity index is 64.3. The molecule has 0 aromatic rings. The third-order valence-electron chi connectivity index (χ3n) is 1.64. The summed E-state index contributed by atoms with van der Waals surface area (Å²) in [5, 5.41) is 0. The van der Waals surface area contributed by atoms with Gasteiger partial charge in [0.25, 0.3) is 0 Å². The van der Waals surface area contributed by atoms with Crippen LogP contribution in [0, 0.1) is 0 Å². The summed E-state index contributed by atoms with van der Waals surface area (Å²) >= 11 is 0.983. The molecule has 0 saturated carbocycles. The molecule has 2 N–H and O–H groups in total. The number of unbranched alkanes of at least 4 members (excludes halogenated alkanes) is 4. The van der Waals surface area contributed by atoms with Gasteiger partial charge in [0.15, 0.2) is 0 Å². The van der Waals surface area contributed by atoms with Gasteiger partial charge < -0.3 is 0 Å². The van der Waals surface area contributed by atoms with E-state index in [0.29, 0.717) is 3.60 Å². The van der Waals surface area contributed by atoms with E-state index in [-0.39, 0.29) is 0 Å². The molecule has 1 atom stereocenters. The molecule has 0 fully saturated rings. The van der Waals surface area contributed by atoms with Crippen molar-refractivity contribution < 1.29 is 0 Å². The van der Waals surface area contributed by atoms with Gasteiger partial charge in [0.2, 0.25) is 0 Å². The van der Waals surface area contributed by atoms with Gasteiger partial charge in [-0.25, -0.2) is 0 Å². The predicted octanol–water partition coefficient (Wildman–Crippen LogP) is 1.53. The standard InChI is InChI=1S/C8H18N.Pb.H/c1-2-3-4-5-6-7-8-9;;/h8H,2-7,9H2,1H3;;. The van der Waals surface area contributed by atoms with Crippen molar-refractivity contribution in [1.82, 2.24) is 0 Å². The van der Waals surface area contributed by atoms with Crippen LogP contribution in [0.5, 0.6) is 0 Å². The average Bonchev–Trinajstić information content (AvgIpc) is 1.87. The second-order valence-corrected chi connectivity index (χ2v) is 6.20. The molecule has 0 rings (SSSR count). The summed E-state index contributed by atoms with van der Waals surface area (Å²) in [6.45, 7) is 2.25. The summed E-state index contributed by atoms with van der Waals surface area (Å²) in [6.07, 6.45) is 8.18. The third kappa shape index (κ3) is 8.88. The maximum atomic E-state index is 5.68. The SMILES string of the molecule is CCCCCCC[CH](N)[PbH]. The van der Waals surface area contributed by atoms with Gasteiger partial charge in [0, 0.05) is 0 Å². The van der Waals surface area contributed by atoms with Gasteiger partial charge in [-0.1, -0.05) is 0 Å². The fraction of sp³-hybridized carbons (Fsp3) is 1.00. The van der Waals surface area contributed by atoms with Crippen LogP contribution in [0.4, 0.5) is 0 Å². The normalized spacial score (nSPS) is 13.5. The molecule has 2 heteroatoms. The van der Waals surface area contributed by atoms with Gasteiger partial charge in [-0.2, -0.15) is 0 Å². The molecule has 0 saturated heterocycles. The first kappa shape index (κ1) is 10.9. The number of nitrogens with two attached hydrogens (primary N) is 1.